The van der Waals surface area contributed by atoms with Crippen molar-refractivity contribution >= 4 is 76.5 Å². The highest BCUT2D eigenvalue weighted by atomic mass is 16.5. The van der Waals surface area contributed by atoms with Crippen LogP contribution in [0.3, 0.4) is 0 Å². The molecule has 0 bridgehead atoms. The van der Waals surface area contributed by atoms with Crippen LogP contribution in [0.2, 0.25) is 0 Å². The van der Waals surface area contributed by atoms with E-state index >= 15 is 0 Å². The van der Waals surface area contributed by atoms with Crippen molar-refractivity contribution in [1.82, 2.24) is 23.3 Å². The molecule has 12 aromatic rings. The van der Waals surface area contributed by atoms with Crippen molar-refractivity contribution < 1.29 is 9.30 Å². The van der Waals surface area contributed by atoms with E-state index in [0.717, 1.165) is 61.7 Å². The molecule has 294 valence electrons. The van der Waals surface area contributed by atoms with Gasteiger partial charge in [-0.1, -0.05) is 112 Å². The third kappa shape index (κ3) is 5.16. The van der Waals surface area contributed by atoms with E-state index in [1.807, 2.05) is 29.9 Å². The van der Waals surface area contributed by atoms with E-state index in [1.165, 1.54) is 49.0 Å². The van der Waals surface area contributed by atoms with Gasteiger partial charge in [0.15, 0.2) is 0 Å². The molecular formula is C54H42N6O. The lowest BCUT2D eigenvalue weighted by molar-refractivity contribution is -0.572. The molecule has 0 aliphatic heterocycles. The summed E-state index contributed by atoms with van der Waals surface area (Å²) in [6.45, 7) is 6.78. The molecule has 0 atom stereocenters. The summed E-state index contributed by atoms with van der Waals surface area (Å²) in [5.74, 6) is 2.35. The molecule has 0 aliphatic carbocycles. The Morgan fingerprint density at radius 1 is 0.541 bits per heavy atom. The molecule has 12 rings (SSSR count). The molecule has 0 spiro atoms. The lowest BCUT2D eigenvalue weighted by Crippen LogP contribution is -2.29. The highest BCUT2D eigenvalue weighted by Gasteiger charge is 2.28. The Kier molecular flexibility index (Phi) is 7.49. The molecule has 0 saturated heterocycles. The Morgan fingerprint density at radius 2 is 1.21 bits per heavy atom. The SMILES string of the molecule is Cn1[c-][n+](-c2cccc(Oc3ccc4c5c6c7ccccc7n(-c7ccccc7)c6c6c(c7ccccc7n6C)c5n(-c5cc(C(C)(C)C)ccn5)c4c3)c2)c2ccccc21. The second kappa shape index (κ2) is 12.9. The maximum atomic E-state index is 6.84. The quantitative estimate of drug-likeness (QED) is 0.129. The van der Waals surface area contributed by atoms with Crippen LogP contribution >= 0.6 is 0 Å². The fraction of sp³-hybridized carbons (Fsp3) is 0.111. The van der Waals surface area contributed by atoms with Crippen molar-refractivity contribution in [2.45, 2.75) is 26.2 Å². The Hall–Kier alpha value is -7.64. The maximum Gasteiger partial charge on any atom is 0.244 e. The fourth-order valence-corrected chi connectivity index (χ4v) is 9.75. The maximum absolute atomic E-state index is 6.84. The van der Waals surface area contributed by atoms with E-state index in [9.17, 15) is 0 Å². The highest BCUT2D eigenvalue weighted by molar-refractivity contribution is 6.40. The summed E-state index contributed by atoms with van der Waals surface area (Å²) < 4.78 is 18.2. The monoisotopic (exact) mass is 790 g/mol. The number of fused-ring (bicyclic) bond motifs is 13. The standard InChI is InChI=1S/C54H42N6O/c1-54(2,3)34-28-29-55-47(30-34)60-46-32-38(61-37-19-15-18-36(31-37)58-33-56(4)44-24-13-14-25-45(44)58)26-27-41(46)48-49-40-21-10-12-23-43(40)59(35-16-7-6-8-17-35)53(49)52-50(51(48)60)39-20-9-11-22-42(39)57(52)5/h6-32H,1-5H3. The highest BCUT2D eigenvalue weighted by Crippen LogP contribution is 2.50. The van der Waals surface area contributed by atoms with Crippen molar-refractivity contribution in [3.05, 3.63) is 176 Å². The summed E-state index contributed by atoms with van der Waals surface area (Å²) in [6.07, 6.45) is 5.43. The molecule has 0 unspecified atom stereocenters. The number of pyridine rings is 1. The predicted octanol–water partition coefficient (Wildman–Crippen LogP) is 12.6. The molecule has 5 heterocycles. The van der Waals surface area contributed by atoms with Gasteiger partial charge in [-0.3, -0.25) is 4.57 Å². The molecule has 7 aromatic carbocycles. The summed E-state index contributed by atoms with van der Waals surface area (Å²) in [7, 11) is 4.24. The zero-order valence-electron chi connectivity index (χ0n) is 34.7. The summed E-state index contributed by atoms with van der Waals surface area (Å²) in [5.41, 5.74) is 12.3. The fourth-order valence-electron chi connectivity index (χ4n) is 9.75. The zero-order valence-corrected chi connectivity index (χ0v) is 34.7. The van der Waals surface area contributed by atoms with E-state index in [2.05, 4.69) is 198 Å². The van der Waals surface area contributed by atoms with Crippen LogP contribution in [0.25, 0.3) is 93.6 Å². The lowest BCUT2D eigenvalue weighted by atomic mass is 9.88. The van der Waals surface area contributed by atoms with Gasteiger partial charge in [0.05, 0.1) is 51.4 Å². The molecule has 0 aliphatic rings. The number of ether oxygens (including phenoxy) is 1. The number of aryl methyl sites for hydroxylation is 2. The largest absolute Gasteiger partial charge is 0.458 e. The van der Waals surface area contributed by atoms with Crippen LogP contribution in [-0.2, 0) is 19.5 Å². The van der Waals surface area contributed by atoms with Gasteiger partial charge in [0.25, 0.3) is 0 Å². The van der Waals surface area contributed by atoms with Crippen molar-refractivity contribution in [1.29, 1.82) is 0 Å². The van der Waals surface area contributed by atoms with Crippen molar-refractivity contribution in [2.24, 2.45) is 14.1 Å². The molecule has 7 heteroatoms. The summed E-state index contributed by atoms with van der Waals surface area (Å²) >= 11 is 0. The molecule has 0 saturated carbocycles. The van der Waals surface area contributed by atoms with E-state index < -0.39 is 0 Å². The van der Waals surface area contributed by atoms with Crippen LogP contribution in [0.15, 0.2) is 164 Å². The Morgan fingerprint density at radius 3 is 2.02 bits per heavy atom. The number of rotatable bonds is 5. The first-order chi connectivity index (χ1) is 29.7. The molecule has 5 aromatic heterocycles. The van der Waals surface area contributed by atoms with E-state index in [1.54, 1.807) is 0 Å². The van der Waals surface area contributed by atoms with Gasteiger partial charge in [0, 0.05) is 62.8 Å². The van der Waals surface area contributed by atoms with Gasteiger partial charge < -0.3 is 23.0 Å². The van der Waals surface area contributed by atoms with Gasteiger partial charge in [-0.15, -0.1) is 0 Å². The number of nitrogens with zero attached hydrogens (tertiary/aromatic N) is 6. The van der Waals surface area contributed by atoms with E-state index in [4.69, 9.17) is 9.72 Å². The first-order valence-electron chi connectivity index (χ1n) is 20.8. The van der Waals surface area contributed by atoms with Crippen LogP contribution in [-0.4, -0.2) is 23.3 Å². The lowest BCUT2D eigenvalue weighted by Gasteiger charge is -2.20. The summed E-state index contributed by atoms with van der Waals surface area (Å²) in [4.78, 5) is 5.17. The van der Waals surface area contributed by atoms with Crippen molar-refractivity contribution in [3.63, 3.8) is 0 Å². The average molecular weight is 791 g/mol. The normalized spacial score (nSPS) is 12.3. The second-order valence-corrected chi connectivity index (χ2v) is 17.2. The Labute approximate surface area is 352 Å². The number of hydrogen-bond donors (Lipinski definition) is 0. The summed E-state index contributed by atoms with van der Waals surface area (Å²) in [6, 6.07) is 56.0. The predicted molar refractivity (Wildman–Crippen MR) is 249 cm³/mol. The van der Waals surface area contributed by atoms with Gasteiger partial charge in [-0.2, -0.15) is 0 Å². The average Bonchev–Trinajstić information content (AvgIpc) is 4.00. The zero-order chi connectivity index (χ0) is 41.1. The minimum atomic E-state index is -0.0829. The van der Waals surface area contributed by atoms with Crippen LogP contribution in [0.4, 0.5) is 0 Å². The van der Waals surface area contributed by atoms with Crippen molar-refractivity contribution in [2.75, 3.05) is 0 Å². The first kappa shape index (κ1) is 35.3. The molecule has 7 nitrogen and oxygen atoms in total. The number of imidazole rings is 1. The van der Waals surface area contributed by atoms with Crippen LogP contribution < -0.4 is 9.30 Å². The molecule has 61 heavy (non-hydrogen) atoms. The third-order valence-electron chi connectivity index (χ3n) is 12.5. The second-order valence-electron chi connectivity index (χ2n) is 17.2. The molecule has 0 fully saturated rings. The van der Waals surface area contributed by atoms with Crippen LogP contribution in [0.1, 0.15) is 26.3 Å². The first-order valence-corrected chi connectivity index (χ1v) is 20.8. The van der Waals surface area contributed by atoms with Gasteiger partial charge in [0.2, 0.25) is 6.33 Å². The number of aromatic nitrogens is 6. The van der Waals surface area contributed by atoms with Gasteiger partial charge in [-0.25, -0.2) is 4.98 Å². The van der Waals surface area contributed by atoms with Gasteiger partial charge in [-0.05, 0) is 71.6 Å². The topological polar surface area (TPSA) is 45.7 Å². The van der Waals surface area contributed by atoms with E-state index in [-0.39, 0.29) is 5.41 Å². The van der Waals surface area contributed by atoms with Crippen molar-refractivity contribution in [3.8, 4) is 28.7 Å². The smallest absolute Gasteiger partial charge is 0.244 e. The third-order valence-corrected chi connectivity index (χ3v) is 12.5. The van der Waals surface area contributed by atoms with Crippen LogP contribution in [0.5, 0.6) is 11.5 Å². The number of benzene rings is 7. The number of hydrogen-bond acceptors (Lipinski definition) is 2. The van der Waals surface area contributed by atoms with Gasteiger partial charge >= 0.3 is 0 Å². The van der Waals surface area contributed by atoms with E-state index in [0.29, 0.717) is 0 Å². The van der Waals surface area contributed by atoms with Crippen LogP contribution in [0, 0.1) is 6.33 Å². The number of para-hydroxylation sites is 5. The molecule has 0 radical (unpaired) electrons. The molecular weight excluding hydrogens is 749 g/mol. The Bertz CT molecular complexity index is 3740. The molecule has 0 N–H and O–H groups in total. The van der Waals surface area contributed by atoms with Gasteiger partial charge in [0.1, 0.15) is 17.3 Å². The summed E-state index contributed by atoms with van der Waals surface area (Å²) in [5, 5.41) is 7.14. The minimum absolute atomic E-state index is 0.0829. The molecule has 0 amide bonds. The minimum Gasteiger partial charge on any atom is -0.458 e. The Balaban J connectivity index is 1.20.